The number of hydrogen-bond donors (Lipinski definition) is 8. The van der Waals surface area contributed by atoms with E-state index >= 15 is 0 Å². The van der Waals surface area contributed by atoms with Gasteiger partial charge in [-0.25, -0.2) is 4.79 Å². The van der Waals surface area contributed by atoms with E-state index in [4.69, 9.17) is 17.2 Å². The van der Waals surface area contributed by atoms with Gasteiger partial charge in [-0.15, -0.1) is 0 Å². The van der Waals surface area contributed by atoms with Gasteiger partial charge in [-0.2, -0.15) is 0 Å². The molecule has 0 aliphatic rings. The molecular weight excluding hydrogens is 506 g/mol. The smallest absolute Gasteiger partial charge is 0.326 e. The van der Waals surface area contributed by atoms with E-state index in [-0.39, 0.29) is 12.8 Å². The number of hydrogen-bond acceptors (Lipinski definition) is 7. The van der Waals surface area contributed by atoms with Gasteiger partial charge in [0, 0.05) is 23.5 Å². The summed E-state index contributed by atoms with van der Waals surface area (Å²) in [4.78, 5) is 65.2. The highest BCUT2D eigenvalue weighted by molar-refractivity contribution is 5.95. The van der Waals surface area contributed by atoms with Crippen molar-refractivity contribution in [1.82, 2.24) is 20.9 Å². The molecule has 2 aromatic rings. The number of H-pyrrole nitrogens is 1. The van der Waals surface area contributed by atoms with Gasteiger partial charge in [0.05, 0.1) is 12.5 Å². The lowest BCUT2D eigenvalue weighted by atomic mass is 9.99. The predicted octanol–water partition coefficient (Wildman–Crippen LogP) is -0.763. The molecular formula is C26H39N7O6. The minimum Gasteiger partial charge on any atom is -0.480 e. The van der Waals surface area contributed by atoms with Crippen molar-refractivity contribution in [1.29, 1.82) is 0 Å². The quantitative estimate of drug-likeness (QED) is 0.124. The zero-order chi connectivity index (χ0) is 29.1. The minimum absolute atomic E-state index is 0.0523. The number of aliphatic carboxylic acids is 1. The van der Waals surface area contributed by atoms with Crippen LogP contribution in [0.3, 0.4) is 0 Å². The van der Waals surface area contributed by atoms with Gasteiger partial charge >= 0.3 is 5.97 Å². The summed E-state index contributed by atoms with van der Waals surface area (Å²) in [6.07, 6.45) is 2.65. The number of unbranched alkanes of at least 4 members (excludes halogenated alkanes) is 1. The summed E-state index contributed by atoms with van der Waals surface area (Å²) in [7, 11) is 0. The SMILES string of the molecule is CC(C)C(NC(=O)C(N)CC(N)=O)C(=O)NC(Cc1c[nH]c2ccccc12)C(=O)NC(CCCCN)C(=O)O. The predicted molar refractivity (Wildman–Crippen MR) is 145 cm³/mol. The Morgan fingerprint density at radius 1 is 0.949 bits per heavy atom. The maximum Gasteiger partial charge on any atom is 0.326 e. The lowest BCUT2D eigenvalue weighted by molar-refractivity contribution is -0.142. The average Bonchev–Trinajstić information content (AvgIpc) is 3.28. The molecule has 0 aliphatic heterocycles. The van der Waals surface area contributed by atoms with Crippen LogP contribution < -0.4 is 33.2 Å². The topological polar surface area (TPSA) is 236 Å². The number of aromatic nitrogens is 1. The van der Waals surface area contributed by atoms with Crippen molar-refractivity contribution < 1.29 is 29.1 Å². The van der Waals surface area contributed by atoms with Crippen LogP contribution in [0.1, 0.15) is 45.1 Å². The van der Waals surface area contributed by atoms with Crippen LogP contribution in [0.25, 0.3) is 10.9 Å². The molecule has 0 saturated carbocycles. The van der Waals surface area contributed by atoms with Crippen molar-refractivity contribution in [2.45, 2.75) is 70.1 Å². The Morgan fingerprint density at radius 3 is 2.23 bits per heavy atom. The van der Waals surface area contributed by atoms with E-state index in [1.54, 1.807) is 20.0 Å². The Kier molecular flexibility index (Phi) is 11.9. The molecule has 1 aromatic heterocycles. The van der Waals surface area contributed by atoms with Crippen LogP contribution in [0.5, 0.6) is 0 Å². The van der Waals surface area contributed by atoms with Crippen LogP contribution in [-0.2, 0) is 30.4 Å². The molecule has 0 radical (unpaired) electrons. The van der Waals surface area contributed by atoms with E-state index in [0.717, 1.165) is 16.5 Å². The first-order valence-corrected chi connectivity index (χ1v) is 12.9. The number of primary amides is 1. The Hall–Kier alpha value is -3.97. The van der Waals surface area contributed by atoms with Crippen molar-refractivity contribution in [2.75, 3.05) is 6.54 Å². The molecule has 4 unspecified atom stereocenters. The number of nitrogens with two attached hydrogens (primary N) is 3. The fourth-order valence-electron chi connectivity index (χ4n) is 4.12. The van der Waals surface area contributed by atoms with Gasteiger partial charge in [0.15, 0.2) is 0 Å². The van der Waals surface area contributed by atoms with E-state index in [1.165, 1.54) is 0 Å². The zero-order valence-electron chi connectivity index (χ0n) is 22.2. The maximum absolute atomic E-state index is 13.3. The molecule has 0 bridgehead atoms. The number of benzene rings is 1. The monoisotopic (exact) mass is 545 g/mol. The van der Waals surface area contributed by atoms with Crippen molar-refractivity contribution in [3.8, 4) is 0 Å². The van der Waals surface area contributed by atoms with Gasteiger partial charge in [0.2, 0.25) is 23.6 Å². The fourth-order valence-corrected chi connectivity index (χ4v) is 4.12. The third-order valence-corrected chi connectivity index (χ3v) is 6.30. The second-order valence-electron chi connectivity index (χ2n) is 9.82. The number of aromatic amines is 1. The van der Waals surface area contributed by atoms with Crippen molar-refractivity contribution >= 4 is 40.5 Å². The molecule has 0 spiro atoms. The Labute approximate surface area is 226 Å². The van der Waals surface area contributed by atoms with Gasteiger partial charge in [-0.3, -0.25) is 19.2 Å². The zero-order valence-corrected chi connectivity index (χ0v) is 22.2. The number of carboxylic acids is 1. The summed E-state index contributed by atoms with van der Waals surface area (Å²) >= 11 is 0. The van der Waals surface area contributed by atoms with Gasteiger partial charge < -0.3 is 43.2 Å². The van der Waals surface area contributed by atoms with Gasteiger partial charge in [-0.05, 0) is 43.4 Å². The van der Waals surface area contributed by atoms with Gasteiger partial charge in [0.25, 0.3) is 0 Å². The molecule has 1 heterocycles. The third kappa shape index (κ3) is 9.37. The first-order chi connectivity index (χ1) is 18.4. The van der Waals surface area contributed by atoms with Gasteiger partial charge in [0.1, 0.15) is 18.1 Å². The second kappa shape index (κ2) is 14.8. The van der Waals surface area contributed by atoms with Crippen LogP contribution >= 0.6 is 0 Å². The number of nitrogens with one attached hydrogen (secondary N) is 4. The van der Waals surface area contributed by atoms with Crippen LogP contribution in [0, 0.1) is 5.92 Å². The second-order valence-corrected chi connectivity index (χ2v) is 9.82. The number of fused-ring (bicyclic) bond motifs is 1. The van der Waals surface area contributed by atoms with E-state index in [1.807, 2.05) is 24.3 Å². The standard InChI is InChI=1S/C26H39N7O6/c1-14(2)22(33-23(35)17(28)12-21(29)34)25(37)32-20(11-15-13-30-18-8-4-3-7-16(15)18)24(36)31-19(26(38)39)9-5-6-10-27/h3-4,7-8,13-14,17,19-20,22,30H,5-6,9-12,27-28H2,1-2H3,(H2,29,34)(H,31,36)(H,32,37)(H,33,35)(H,38,39). The highest BCUT2D eigenvalue weighted by Crippen LogP contribution is 2.19. The van der Waals surface area contributed by atoms with E-state index < -0.39 is 66.1 Å². The van der Waals surface area contributed by atoms with Crippen molar-refractivity contribution in [2.24, 2.45) is 23.1 Å². The van der Waals surface area contributed by atoms with Crippen molar-refractivity contribution in [3.63, 3.8) is 0 Å². The van der Waals surface area contributed by atoms with Crippen LogP contribution in [-0.4, -0.2) is 70.4 Å². The number of carboxylic acid groups (broad SMARTS) is 1. The fraction of sp³-hybridized carbons (Fsp3) is 0.500. The maximum atomic E-state index is 13.3. The summed E-state index contributed by atoms with van der Waals surface area (Å²) < 4.78 is 0. The molecule has 4 atom stereocenters. The molecule has 0 fully saturated rings. The molecule has 214 valence electrons. The minimum atomic E-state index is -1.24. The van der Waals surface area contributed by atoms with Crippen LogP contribution in [0.4, 0.5) is 0 Å². The third-order valence-electron chi connectivity index (χ3n) is 6.30. The number of carbonyl (C=O) groups is 5. The lowest BCUT2D eigenvalue weighted by Crippen LogP contribution is -2.59. The number of carbonyl (C=O) groups excluding carboxylic acids is 4. The highest BCUT2D eigenvalue weighted by atomic mass is 16.4. The van der Waals surface area contributed by atoms with Crippen molar-refractivity contribution in [3.05, 3.63) is 36.0 Å². The first-order valence-electron chi connectivity index (χ1n) is 12.9. The highest BCUT2D eigenvalue weighted by Gasteiger charge is 2.32. The molecule has 39 heavy (non-hydrogen) atoms. The van der Waals surface area contributed by atoms with Gasteiger partial charge in [-0.1, -0.05) is 32.0 Å². The Balaban J connectivity index is 2.29. The normalized spacial score (nSPS) is 14.3. The van der Waals surface area contributed by atoms with E-state index in [2.05, 4.69) is 20.9 Å². The summed E-state index contributed by atoms with van der Waals surface area (Å²) in [6.45, 7) is 3.78. The first kappa shape index (κ1) is 31.2. The summed E-state index contributed by atoms with van der Waals surface area (Å²) in [5, 5.41) is 18.2. The molecule has 13 nitrogen and oxygen atoms in total. The summed E-state index contributed by atoms with van der Waals surface area (Å²) in [5.74, 6) is -4.47. The molecule has 13 heteroatoms. The molecule has 1 aromatic carbocycles. The summed E-state index contributed by atoms with van der Waals surface area (Å²) in [5.41, 5.74) is 17.9. The largest absolute Gasteiger partial charge is 0.480 e. The number of rotatable bonds is 16. The van der Waals surface area contributed by atoms with E-state index in [0.29, 0.717) is 19.4 Å². The lowest BCUT2D eigenvalue weighted by Gasteiger charge is -2.27. The molecule has 2 rings (SSSR count). The average molecular weight is 546 g/mol. The molecule has 0 saturated heterocycles. The van der Waals surface area contributed by atoms with E-state index in [9.17, 15) is 29.1 Å². The Morgan fingerprint density at radius 2 is 1.62 bits per heavy atom. The molecule has 11 N–H and O–H groups in total. The van der Waals surface area contributed by atoms with Crippen LogP contribution in [0.15, 0.2) is 30.5 Å². The van der Waals surface area contributed by atoms with Crippen LogP contribution in [0.2, 0.25) is 0 Å². The molecule has 0 aliphatic carbocycles. The molecule has 4 amide bonds. The Bertz CT molecular complexity index is 1160. The summed E-state index contributed by atoms with van der Waals surface area (Å²) in [6, 6.07) is 2.76. The number of amides is 4. The number of para-hydroxylation sites is 1.